The van der Waals surface area contributed by atoms with Gasteiger partial charge in [0.1, 0.15) is 0 Å². The van der Waals surface area contributed by atoms with Crippen molar-refractivity contribution in [2.24, 2.45) is 15.2 Å². The van der Waals surface area contributed by atoms with Crippen molar-refractivity contribution in [2.45, 2.75) is 6.18 Å². The van der Waals surface area contributed by atoms with Crippen LogP contribution >= 0.6 is 11.6 Å². The second-order valence-corrected chi connectivity index (χ2v) is 4.31. The van der Waals surface area contributed by atoms with Crippen LogP contribution in [0, 0.1) is 0 Å². The predicted octanol–water partition coefficient (Wildman–Crippen LogP) is 5.93. The highest BCUT2D eigenvalue weighted by Crippen LogP contribution is 2.25. The van der Waals surface area contributed by atoms with Crippen molar-refractivity contribution < 1.29 is 13.2 Å². The molecule has 7 heteroatoms. The van der Waals surface area contributed by atoms with E-state index in [9.17, 15) is 13.2 Å². The van der Waals surface area contributed by atoms with Crippen molar-refractivity contribution in [3.8, 4) is 0 Å². The Morgan fingerprint density at radius 1 is 0.762 bits per heavy atom. The molecule has 21 heavy (non-hydrogen) atoms. The first kappa shape index (κ1) is 15.2. The molecule has 2 rings (SSSR count). The molecular weight excluding hydrogens is 303 g/mol. The van der Waals surface area contributed by atoms with Crippen LogP contribution in [0.1, 0.15) is 0 Å². The van der Waals surface area contributed by atoms with E-state index in [-0.39, 0.29) is 5.69 Å². The predicted molar refractivity (Wildman–Crippen MR) is 76.1 cm³/mol. The summed E-state index contributed by atoms with van der Waals surface area (Å²) < 4.78 is 36.7. The summed E-state index contributed by atoms with van der Waals surface area (Å²) in [5, 5.41) is 6.54. The number of hydrogen-bond acceptors (Lipinski definition) is 3. The Bertz CT molecular complexity index is 649. The van der Waals surface area contributed by atoms with Gasteiger partial charge < -0.3 is 0 Å². The van der Waals surface area contributed by atoms with E-state index in [1.165, 1.54) is 24.3 Å². The zero-order valence-electron chi connectivity index (χ0n) is 10.5. The molecule has 0 fully saturated rings. The zero-order valence-corrected chi connectivity index (χ0v) is 11.3. The lowest BCUT2D eigenvalue weighted by Gasteiger charge is -2.02. The van der Waals surface area contributed by atoms with E-state index in [0.717, 1.165) is 0 Å². The van der Waals surface area contributed by atoms with Gasteiger partial charge in [0.05, 0.1) is 17.1 Å². The minimum Gasteiger partial charge on any atom is -0.232 e. The number of benzene rings is 2. The van der Waals surface area contributed by atoms with Gasteiger partial charge in [-0.3, -0.25) is 0 Å². The summed E-state index contributed by atoms with van der Waals surface area (Å²) in [5.41, 5.74) is 1.27. The Morgan fingerprint density at radius 2 is 1.24 bits per heavy atom. The fourth-order valence-corrected chi connectivity index (χ4v) is 1.48. The van der Waals surface area contributed by atoms with E-state index in [2.05, 4.69) is 15.2 Å². The van der Waals surface area contributed by atoms with Crippen LogP contribution in [0.25, 0.3) is 0 Å². The van der Waals surface area contributed by atoms with Gasteiger partial charge in [-0.2, -0.15) is 23.4 Å². The average molecular weight is 312 g/mol. The Balaban J connectivity index is 2.11. The molecule has 0 radical (unpaired) electrons. The normalized spacial score (nSPS) is 12.9. The van der Waals surface area contributed by atoms with Crippen molar-refractivity contribution in [1.29, 1.82) is 0 Å². The molecule has 0 heterocycles. The molecule has 0 aliphatic rings. The number of halogens is 4. The second-order valence-electron chi connectivity index (χ2n) is 3.95. The smallest absolute Gasteiger partial charge is 0.232 e. The van der Waals surface area contributed by atoms with Crippen LogP contribution in [0.2, 0.25) is 0 Å². The lowest BCUT2D eigenvalue weighted by Crippen LogP contribution is -2.16. The molecule has 0 atom stereocenters. The zero-order chi connectivity index (χ0) is 15.3. The van der Waals surface area contributed by atoms with Gasteiger partial charge in [-0.1, -0.05) is 29.8 Å². The van der Waals surface area contributed by atoms with Crippen LogP contribution in [0.3, 0.4) is 0 Å². The lowest BCUT2D eigenvalue weighted by molar-refractivity contribution is -0.0558. The maximum absolute atomic E-state index is 12.2. The Morgan fingerprint density at radius 3 is 1.76 bits per heavy atom. The van der Waals surface area contributed by atoms with Gasteiger partial charge in [-0.05, 0) is 36.4 Å². The number of rotatable bonds is 3. The summed E-state index contributed by atoms with van der Waals surface area (Å²) in [6.45, 7) is 0. The quantitative estimate of drug-likeness (QED) is 0.497. The van der Waals surface area contributed by atoms with E-state index in [0.29, 0.717) is 11.4 Å². The summed E-state index contributed by atoms with van der Waals surface area (Å²) in [6, 6.07) is 14.8. The van der Waals surface area contributed by atoms with Crippen LogP contribution in [0.15, 0.2) is 69.8 Å². The van der Waals surface area contributed by atoms with Crippen molar-refractivity contribution in [2.75, 3.05) is 0 Å². The molecule has 0 amide bonds. The molecule has 0 aromatic heterocycles. The van der Waals surface area contributed by atoms with Crippen LogP contribution in [0.4, 0.5) is 30.2 Å². The monoisotopic (exact) mass is 311 g/mol. The van der Waals surface area contributed by atoms with Crippen molar-refractivity contribution >= 4 is 33.8 Å². The second kappa shape index (κ2) is 6.49. The van der Waals surface area contributed by atoms with Gasteiger partial charge in [0.15, 0.2) is 0 Å². The van der Waals surface area contributed by atoms with Gasteiger partial charge in [0, 0.05) is 0 Å². The number of aliphatic imine (C=N–C) groups is 1. The van der Waals surface area contributed by atoms with Crippen molar-refractivity contribution in [3.63, 3.8) is 0 Å². The summed E-state index contributed by atoms with van der Waals surface area (Å²) in [4.78, 5) is 3.27. The summed E-state index contributed by atoms with van der Waals surface area (Å²) in [7, 11) is 0. The molecule has 0 unspecified atom stereocenters. The Kier molecular flexibility index (Phi) is 4.70. The summed E-state index contributed by atoms with van der Waals surface area (Å²) in [6.07, 6.45) is -4.65. The first-order chi connectivity index (χ1) is 9.95. The van der Waals surface area contributed by atoms with Gasteiger partial charge in [0.25, 0.3) is 0 Å². The fourth-order valence-electron chi connectivity index (χ4n) is 1.38. The molecule has 2 aromatic rings. The van der Waals surface area contributed by atoms with Crippen LogP contribution < -0.4 is 0 Å². The molecule has 0 spiro atoms. The largest absolute Gasteiger partial charge is 0.444 e. The minimum atomic E-state index is -4.65. The van der Waals surface area contributed by atoms with Gasteiger partial charge in [-0.25, -0.2) is 4.99 Å². The number of azo groups is 1. The highest BCUT2D eigenvalue weighted by atomic mass is 35.5. The Hall–Kier alpha value is -2.21. The first-order valence-electron chi connectivity index (χ1n) is 5.83. The molecular formula is C14H9ClF3N3. The topological polar surface area (TPSA) is 37.1 Å². The maximum Gasteiger partial charge on any atom is 0.444 e. The maximum atomic E-state index is 12.2. The van der Waals surface area contributed by atoms with Crippen molar-refractivity contribution in [1.82, 2.24) is 0 Å². The standard InChI is InChI=1S/C14H9ClF3N3/c15-13(14(16,17)18)19-10-6-8-12(9-7-10)21-20-11-4-2-1-3-5-11/h1-9H. The number of hydrogen-bond donors (Lipinski definition) is 0. The van der Waals surface area contributed by atoms with Crippen LogP contribution in [-0.2, 0) is 0 Å². The van der Waals surface area contributed by atoms with Gasteiger partial charge >= 0.3 is 6.18 Å². The highest BCUT2D eigenvalue weighted by molar-refractivity contribution is 6.67. The minimum absolute atomic E-state index is 0.0935. The van der Waals surface area contributed by atoms with Gasteiger partial charge in [-0.15, -0.1) is 0 Å². The molecule has 108 valence electrons. The third-order valence-electron chi connectivity index (χ3n) is 2.35. The molecule has 0 N–H and O–H groups in total. The van der Waals surface area contributed by atoms with Gasteiger partial charge in [0.2, 0.25) is 5.17 Å². The fraction of sp³-hybridized carbons (Fsp3) is 0.0714. The molecule has 2 aromatic carbocycles. The lowest BCUT2D eigenvalue weighted by atomic mass is 10.3. The molecule has 0 aliphatic carbocycles. The molecule has 3 nitrogen and oxygen atoms in total. The Labute approximate surface area is 123 Å². The van der Waals surface area contributed by atoms with Crippen LogP contribution in [0.5, 0.6) is 0 Å². The average Bonchev–Trinajstić information content (AvgIpc) is 2.46. The van der Waals surface area contributed by atoms with E-state index in [1.54, 1.807) is 12.1 Å². The van der Waals surface area contributed by atoms with Crippen molar-refractivity contribution in [3.05, 3.63) is 54.6 Å². The summed E-state index contributed by atoms with van der Waals surface area (Å²) in [5.74, 6) is 0. The SMILES string of the molecule is FC(F)(F)C(Cl)=Nc1ccc(N=Nc2ccccc2)cc1. The van der Waals surface area contributed by atoms with E-state index >= 15 is 0 Å². The molecule has 0 saturated carbocycles. The third kappa shape index (κ3) is 4.68. The van der Waals surface area contributed by atoms with Crippen LogP contribution in [-0.4, -0.2) is 11.3 Å². The molecule has 0 bridgehead atoms. The number of alkyl halides is 3. The highest BCUT2D eigenvalue weighted by Gasteiger charge is 2.34. The molecule has 0 saturated heterocycles. The first-order valence-corrected chi connectivity index (χ1v) is 6.21. The van der Waals surface area contributed by atoms with E-state index in [1.807, 2.05) is 18.2 Å². The summed E-state index contributed by atoms with van der Waals surface area (Å²) >= 11 is 5.06. The van der Waals surface area contributed by atoms with E-state index in [4.69, 9.17) is 11.6 Å². The molecule has 0 aliphatic heterocycles. The third-order valence-corrected chi connectivity index (χ3v) is 2.65. The number of nitrogens with zero attached hydrogens (tertiary/aromatic N) is 3. The van der Waals surface area contributed by atoms with E-state index < -0.39 is 11.3 Å².